The topological polar surface area (TPSA) is 385 Å². The molecule has 33 heteroatoms. The minimum Gasteiger partial charge on any atom is -0.508 e. The number of fused-ring (bicyclic) bond motifs is 8. The minimum absolute atomic E-state index is 0.000651. The Hall–Kier alpha value is -13.4. The second-order valence-electron chi connectivity index (χ2n) is 27.5. The Morgan fingerprint density at radius 1 is 0.565 bits per heavy atom. The van der Waals surface area contributed by atoms with Crippen molar-refractivity contribution in [3.63, 3.8) is 0 Å². The fourth-order valence-corrected chi connectivity index (χ4v) is 16.8. The number of imidazole rings is 2. The van der Waals surface area contributed by atoms with Gasteiger partial charge in [-0.25, -0.2) is 39.5 Å². The molecule has 16 rings (SSSR count). The van der Waals surface area contributed by atoms with Crippen LogP contribution in [0.25, 0.3) is 89.2 Å². The predicted octanol–water partition coefficient (Wildman–Crippen LogP) is 14.2. The number of aromatic nitrogens is 8. The number of nitrogens with one attached hydrogen (secondary N) is 2. The number of nitrogen functional groups attached to an aromatic ring is 2. The normalized spacial score (nSPS) is 12.1. The first-order valence-electron chi connectivity index (χ1n) is 35.9. The Balaban J connectivity index is 0.000000181. The van der Waals surface area contributed by atoms with Crippen molar-refractivity contribution in [2.24, 2.45) is 0 Å². The average Bonchev–Trinajstić information content (AvgIpc) is 1.68. The molecule has 115 heavy (non-hydrogen) atoms. The van der Waals surface area contributed by atoms with E-state index in [0.717, 1.165) is 15.5 Å². The summed E-state index contributed by atoms with van der Waals surface area (Å²) < 4.78 is 38.3. The fraction of sp³-hybridized carbons (Fsp3) is 0.195. The number of aromatic hydroxyl groups is 2. The SMILES string of the molecule is C#Cc1cc2c(cc1Sc1nc3c(N)ncnc3n1CCCN(C(=S)Nc1ccc(-c3c4ccc(=O)cc-4oc4cc(O)ccc34)c(C(=O)O)c1)C(C)C)OCO2.CC(C)N(CCCn1c(Sc2cc3c(cc2N(C)C)OCO3)nc2c(N)ncnc21)C(=S)Nc1ccc(-c2c3ccc(=O)cc-3oc3cc(O)ccc23)c(C(=O)O)c1. The van der Waals surface area contributed by atoms with E-state index in [4.69, 9.17) is 80.1 Å². The molecule has 4 aliphatic heterocycles. The van der Waals surface area contributed by atoms with Crippen LogP contribution in [0.15, 0.2) is 185 Å². The fourth-order valence-electron chi connectivity index (χ4n) is 13.8. The molecule has 0 amide bonds. The number of carboxylic acids is 2. The van der Waals surface area contributed by atoms with Gasteiger partial charge in [-0.1, -0.05) is 29.8 Å². The van der Waals surface area contributed by atoms with Gasteiger partial charge in [0, 0.05) is 155 Å². The Morgan fingerprint density at radius 2 is 0.991 bits per heavy atom. The Bertz CT molecular complexity index is 6380. The van der Waals surface area contributed by atoms with Gasteiger partial charge < -0.3 is 94.1 Å². The highest BCUT2D eigenvalue weighted by molar-refractivity contribution is 7.99. The molecule has 0 radical (unpaired) electrons. The summed E-state index contributed by atoms with van der Waals surface area (Å²) in [6, 6.07) is 35.4. The van der Waals surface area contributed by atoms with Gasteiger partial charge >= 0.3 is 11.9 Å². The second-order valence-corrected chi connectivity index (χ2v) is 30.3. The van der Waals surface area contributed by atoms with E-state index < -0.39 is 11.9 Å². The number of carboxylic acid groups (broad SMARTS) is 2. The zero-order valence-electron chi connectivity index (χ0n) is 62.3. The van der Waals surface area contributed by atoms with Crippen molar-refractivity contribution < 1.29 is 57.8 Å². The molecule has 0 atom stereocenters. The lowest BCUT2D eigenvalue weighted by atomic mass is 9.90. The van der Waals surface area contributed by atoms with Crippen LogP contribution in [0.5, 0.6) is 34.5 Å². The first-order chi connectivity index (χ1) is 55.3. The third-order valence-corrected chi connectivity index (χ3v) is 22.0. The van der Waals surface area contributed by atoms with Crippen molar-refractivity contribution in [3.05, 3.63) is 183 Å². The lowest BCUT2D eigenvalue weighted by Gasteiger charge is -2.30. The molecule has 10 aromatic rings. The summed E-state index contributed by atoms with van der Waals surface area (Å²) in [5, 5.41) is 51.1. The summed E-state index contributed by atoms with van der Waals surface area (Å²) in [5.41, 5.74) is 20.3. The monoisotopic (exact) mass is 1620 g/mol. The molecule has 8 heterocycles. The maximum Gasteiger partial charge on any atom is 0.336 e. The van der Waals surface area contributed by atoms with E-state index in [1.54, 1.807) is 54.6 Å². The summed E-state index contributed by atoms with van der Waals surface area (Å²) in [6.45, 7) is 10.5. The van der Waals surface area contributed by atoms with Crippen molar-refractivity contribution in [2.45, 2.75) is 85.8 Å². The zero-order valence-corrected chi connectivity index (χ0v) is 65.6. The molecule has 582 valence electrons. The van der Waals surface area contributed by atoms with E-state index >= 15 is 0 Å². The lowest BCUT2D eigenvalue weighted by Crippen LogP contribution is -2.40. The molecule has 0 fully saturated rings. The van der Waals surface area contributed by atoms with Crippen LogP contribution in [0.2, 0.25) is 0 Å². The molecular formula is C82H71N15O14S4. The number of nitrogens with zero attached hydrogens (tertiary/aromatic N) is 11. The highest BCUT2D eigenvalue weighted by atomic mass is 32.2. The Kier molecular flexibility index (Phi) is 21.4. The number of terminal acetylenes is 1. The maximum absolute atomic E-state index is 12.8. The van der Waals surface area contributed by atoms with Crippen molar-refractivity contribution in [1.29, 1.82) is 0 Å². The number of carbonyl (C=O) groups is 2. The van der Waals surface area contributed by atoms with Crippen molar-refractivity contribution in [3.8, 4) is 91.7 Å². The summed E-state index contributed by atoms with van der Waals surface area (Å²) in [7, 11) is 3.92. The number of ether oxygens (including phenoxy) is 4. The molecule has 4 aromatic heterocycles. The molecule has 0 saturated carbocycles. The third kappa shape index (κ3) is 15.6. The number of nitrogens with two attached hydrogens (primary N) is 2. The second kappa shape index (κ2) is 32.0. The van der Waals surface area contributed by atoms with Crippen LogP contribution >= 0.6 is 48.0 Å². The van der Waals surface area contributed by atoms with Crippen LogP contribution in [-0.4, -0.2) is 144 Å². The summed E-state index contributed by atoms with van der Waals surface area (Å²) in [4.78, 5) is 84.9. The van der Waals surface area contributed by atoms with E-state index in [2.05, 4.69) is 36.5 Å². The number of hydrogen-bond donors (Lipinski definition) is 8. The smallest absolute Gasteiger partial charge is 0.336 e. The molecule has 0 bridgehead atoms. The maximum atomic E-state index is 12.8. The first kappa shape index (κ1) is 76.9. The molecule has 29 nitrogen and oxygen atoms in total. The largest absolute Gasteiger partial charge is 0.508 e. The molecule has 0 spiro atoms. The van der Waals surface area contributed by atoms with Gasteiger partial charge in [-0.05, 0) is 167 Å². The van der Waals surface area contributed by atoms with Gasteiger partial charge in [-0.15, -0.1) is 6.42 Å². The molecule has 2 aliphatic carbocycles. The van der Waals surface area contributed by atoms with Crippen LogP contribution in [0.1, 0.15) is 66.8 Å². The zero-order chi connectivity index (χ0) is 80.8. The van der Waals surface area contributed by atoms with E-state index in [0.29, 0.717) is 177 Å². The molecule has 0 unspecified atom stereocenters. The quantitative estimate of drug-likeness (QED) is 0.0188. The predicted molar refractivity (Wildman–Crippen MR) is 447 cm³/mol. The number of thiocarbonyl (C=S) groups is 2. The van der Waals surface area contributed by atoms with Crippen LogP contribution in [-0.2, 0) is 13.1 Å². The molecule has 6 aromatic carbocycles. The number of aromatic carboxylic acids is 2. The van der Waals surface area contributed by atoms with Gasteiger partial charge in [0.15, 0.2) is 88.4 Å². The van der Waals surface area contributed by atoms with Gasteiger partial charge in [-0.2, -0.15) is 0 Å². The van der Waals surface area contributed by atoms with Crippen LogP contribution in [0.4, 0.5) is 28.7 Å². The summed E-state index contributed by atoms with van der Waals surface area (Å²) in [6.07, 6.45) is 9.95. The number of anilines is 5. The number of hydrogen-bond acceptors (Lipinski definition) is 25. The van der Waals surface area contributed by atoms with Crippen molar-refractivity contribution in [2.75, 3.05) is 67.8 Å². The Morgan fingerprint density at radius 3 is 1.43 bits per heavy atom. The molecule has 0 saturated heterocycles. The van der Waals surface area contributed by atoms with Gasteiger partial charge in [0.05, 0.1) is 16.8 Å². The van der Waals surface area contributed by atoms with Crippen molar-refractivity contribution in [1.82, 2.24) is 48.8 Å². The van der Waals surface area contributed by atoms with E-state index in [1.165, 1.54) is 96.8 Å². The van der Waals surface area contributed by atoms with E-state index in [-0.39, 0.29) is 82.3 Å². The van der Waals surface area contributed by atoms with Crippen LogP contribution in [0.3, 0.4) is 0 Å². The molecule has 6 aliphatic rings. The minimum atomic E-state index is -1.16. The van der Waals surface area contributed by atoms with Crippen molar-refractivity contribution >= 4 is 143 Å². The van der Waals surface area contributed by atoms with Gasteiger partial charge in [0.1, 0.15) is 46.8 Å². The average molecular weight is 1620 g/mol. The lowest BCUT2D eigenvalue weighted by molar-refractivity contribution is 0.0687. The standard InChI is InChI=1S/C41H38N8O7S2.C41H33N7O7S2/c1-21(2)48(12-5-13-49-38-36(37(42)43-19-44-38)46-41(49)58-34-18-33-32(54-20-55-33)17-29(34)47(3)4)40(57)45-22-6-9-25(28(14-22)39(52)53)35-26-10-7-23(50)15-30(26)56-31-16-24(51)8-11-27(31)35;1-4-22-14-32-33(54-20-53-32)18-34(22)57-41-46-36-37(42)43-19-44-38(36)48(41)13-5-12-47(21(2)3)40(56)45-23-6-9-26(29(15-23)39(51)52)35-27-10-7-24(49)16-30(27)55-31-17-25(50)8-11-28(31)35/h6-11,14-19,21,50H,5,12-13,20H2,1-4H3,(H,45,57)(H,52,53)(H2,42,43,44);1,6-11,14-19,21,49H,5,12-13,20H2,2-3H3,(H,45,56)(H,51,52)(H2,42,43,44). The number of benzene rings is 8. The van der Waals surface area contributed by atoms with Gasteiger partial charge in [-0.3, -0.25) is 9.59 Å². The highest BCUT2D eigenvalue weighted by Gasteiger charge is 2.30. The molecular weight excluding hydrogens is 1550 g/mol. The van der Waals surface area contributed by atoms with E-state index in [9.17, 15) is 39.6 Å². The van der Waals surface area contributed by atoms with Gasteiger partial charge in [0.25, 0.3) is 0 Å². The Labute approximate surface area is 674 Å². The third-order valence-electron chi connectivity index (χ3n) is 19.2. The highest BCUT2D eigenvalue weighted by Crippen LogP contribution is 2.48. The first-order valence-corrected chi connectivity index (χ1v) is 38.4. The molecule has 10 N–H and O–H groups in total. The number of phenolic OH excluding ortho intramolecular Hbond substituents is 2. The number of phenols is 2. The number of aryl methyl sites for hydroxylation is 2. The van der Waals surface area contributed by atoms with Crippen LogP contribution in [0, 0.1) is 12.3 Å². The van der Waals surface area contributed by atoms with Crippen LogP contribution < -0.4 is 56.8 Å². The number of rotatable bonds is 21. The van der Waals surface area contributed by atoms with E-state index in [1.807, 2.05) is 83.8 Å². The summed E-state index contributed by atoms with van der Waals surface area (Å²) >= 11 is 14.7. The summed E-state index contributed by atoms with van der Waals surface area (Å²) in [5.74, 6) is 3.92. The van der Waals surface area contributed by atoms with Gasteiger partial charge in [0.2, 0.25) is 13.6 Å².